The molecule has 0 bridgehead atoms. The van der Waals surface area contributed by atoms with Crippen LogP contribution in [0.1, 0.15) is 40.0 Å². The molecule has 0 aliphatic rings. The van der Waals surface area contributed by atoms with Crippen molar-refractivity contribution in [2.75, 3.05) is 0 Å². The molecule has 0 saturated carbocycles. The van der Waals surface area contributed by atoms with Crippen LogP contribution in [0.2, 0.25) is 0 Å². The first-order valence-corrected chi connectivity index (χ1v) is 4.86. The predicted molar refractivity (Wildman–Crippen MR) is 54.4 cm³/mol. The largest absolute Gasteiger partial charge is 0.463 e. The Labute approximate surface area is 81.0 Å². The summed E-state index contributed by atoms with van der Waals surface area (Å²) < 4.78 is 5.08. The smallest absolute Gasteiger partial charge is 0.302 e. The second kappa shape index (κ2) is 6.70. The Hall–Kier alpha value is -0.790. The summed E-state index contributed by atoms with van der Waals surface area (Å²) in [5.74, 6) is 0.243. The van der Waals surface area contributed by atoms with E-state index in [1.54, 1.807) is 0 Å². The summed E-state index contributed by atoms with van der Waals surface area (Å²) in [5, 5.41) is 0. The molecule has 2 unspecified atom stereocenters. The van der Waals surface area contributed by atoms with Gasteiger partial charge in [0.1, 0.15) is 6.10 Å². The number of carbonyl (C=O) groups is 1. The van der Waals surface area contributed by atoms with Crippen LogP contribution in [0.25, 0.3) is 0 Å². The SMILES string of the molecule is C=CCCCC(C)C(C)OC(C)=O. The van der Waals surface area contributed by atoms with Crippen LogP contribution in [0.4, 0.5) is 0 Å². The first kappa shape index (κ1) is 12.2. The summed E-state index contributed by atoms with van der Waals surface area (Å²) in [7, 11) is 0. The highest BCUT2D eigenvalue weighted by Gasteiger charge is 2.13. The van der Waals surface area contributed by atoms with Crippen molar-refractivity contribution in [3.8, 4) is 0 Å². The van der Waals surface area contributed by atoms with E-state index in [1.165, 1.54) is 6.92 Å². The summed E-state index contributed by atoms with van der Waals surface area (Å²) in [6.45, 7) is 9.17. The molecule has 0 aromatic rings. The highest BCUT2D eigenvalue weighted by atomic mass is 16.5. The summed E-state index contributed by atoms with van der Waals surface area (Å²) in [6, 6.07) is 0. The Bertz CT molecular complexity index is 163. The third-order valence-electron chi connectivity index (χ3n) is 2.22. The minimum Gasteiger partial charge on any atom is -0.463 e. The molecule has 2 heteroatoms. The molecule has 2 nitrogen and oxygen atoms in total. The first-order valence-electron chi connectivity index (χ1n) is 4.86. The van der Waals surface area contributed by atoms with Crippen molar-refractivity contribution in [3.63, 3.8) is 0 Å². The van der Waals surface area contributed by atoms with Crippen molar-refractivity contribution in [1.82, 2.24) is 0 Å². The van der Waals surface area contributed by atoms with Crippen LogP contribution >= 0.6 is 0 Å². The molecule has 0 heterocycles. The van der Waals surface area contributed by atoms with E-state index in [-0.39, 0.29) is 12.1 Å². The number of hydrogen-bond acceptors (Lipinski definition) is 2. The molecule has 13 heavy (non-hydrogen) atoms. The maximum atomic E-state index is 10.7. The number of carbonyl (C=O) groups excluding carboxylic acids is 1. The van der Waals surface area contributed by atoms with Crippen LogP contribution in [0.3, 0.4) is 0 Å². The lowest BCUT2D eigenvalue weighted by Gasteiger charge is -2.19. The molecule has 0 rings (SSSR count). The monoisotopic (exact) mass is 184 g/mol. The highest BCUT2D eigenvalue weighted by molar-refractivity contribution is 5.66. The van der Waals surface area contributed by atoms with Crippen LogP contribution in [-0.2, 0) is 9.53 Å². The van der Waals surface area contributed by atoms with Crippen molar-refractivity contribution in [1.29, 1.82) is 0 Å². The third-order valence-corrected chi connectivity index (χ3v) is 2.22. The van der Waals surface area contributed by atoms with Crippen molar-refractivity contribution >= 4 is 5.97 Å². The molecule has 0 spiro atoms. The van der Waals surface area contributed by atoms with Gasteiger partial charge in [0, 0.05) is 6.92 Å². The van der Waals surface area contributed by atoms with Gasteiger partial charge >= 0.3 is 5.97 Å². The molecule has 0 fully saturated rings. The predicted octanol–water partition coefficient (Wildman–Crippen LogP) is 2.93. The van der Waals surface area contributed by atoms with Gasteiger partial charge in [-0.1, -0.05) is 13.0 Å². The lowest BCUT2D eigenvalue weighted by molar-refractivity contribution is -0.147. The molecule has 76 valence electrons. The lowest BCUT2D eigenvalue weighted by atomic mass is 9.99. The Morgan fingerprint density at radius 2 is 2.15 bits per heavy atom. The molecule has 2 atom stereocenters. The van der Waals surface area contributed by atoms with Crippen molar-refractivity contribution in [3.05, 3.63) is 12.7 Å². The molecule has 0 aliphatic heterocycles. The number of unbranched alkanes of at least 4 members (excludes halogenated alkanes) is 1. The molecular formula is C11H20O2. The second-order valence-corrected chi connectivity index (χ2v) is 3.51. The zero-order valence-electron chi connectivity index (χ0n) is 8.88. The summed E-state index contributed by atoms with van der Waals surface area (Å²) in [5.41, 5.74) is 0. The minimum absolute atomic E-state index is 0.0299. The van der Waals surface area contributed by atoms with E-state index < -0.39 is 0 Å². The van der Waals surface area contributed by atoms with Gasteiger partial charge in [-0.3, -0.25) is 4.79 Å². The normalized spacial score (nSPS) is 14.7. The number of allylic oxidation sites excluding steroid dienone is 1. The van der Waals surface area contributed by atoms with E-state index in [0.717, 1.165) is 19.3 Å². The first-order chi connectivity index (χ1) is 6.07. The topological polar surface area (TPSA) is 26.3 Å². The van der Waals surface area contributed by atoms with Crippen LogP contribution in [0.15, 0.2) is 12.7 Å². The maximum absolute atomic E-state index is 10.7. The molecule has 0 radical (unpaired) electrons. The molecule has 0 aliphatic carbocycles. The van der Waals surface area contributed by atoms with E-state index in [9.17, 15) is 4.79 Å². The van der Waals surface area contributed by atoms with Gasteiger partial charge in [-0.05, 0) is 32.1 Å². The van der Waals surface area contributed by atoms with E-state index in [4.69, 9.17) is 4.74 Å². The van der Waals surface area contributed by atoms with Crippen molar-refractivity contribution in [2.45, 2.75) is 46.1 Å². The van der Waals surface area contributed by atoms with Gasteiger partial charge in [-0.15, -0.1) is 6.58 Å². The molecule has 0 amide bonds. The van der Waals surface area contributed by atoms with Crippen LogP contribution in [-0.4, -0.2) is 12.1 Å². The fraction of sp³-hybridized carbons (Fsp3) is 0.727. The fourth-order valence-electron chi connectivity index (χ4n) is 1.20. The van der Waals surface area contributed by atoms with E-state index in [0.29, 0.717) is 5.92 Å². The summed E-state index contributed by atoms with van der Waals surface area (Å²) in [4.78, 5) is 10.7. The van der Waals surface area contributed by atoms with Crippen LogP contribution < -0.4 is 0 Å². The molecule has 0 N–H and O–H groups in total. The maximum Gasteiger partial charge on any atom is 0.302 e. The van der Waals surface area contributed by atoms with Gasteiger partial charge in [0.15, 0.2) is 0 Å². The van der Waals surface area contributed by atoms with Gasteiger partial charge in [-0.25, -0.2) is 0 Å². The number of hydrogen-bond donors (Lipinski definition) is 0. The van der Waals surface area contributed by atoms with Gasteiger partial charge in [0.25, 0.3) is 0 Å². The Kier molecular flexibility index (Phi) is 6.29. The zero-order valence-corrected chi connectivity index (χ0v) is 8.88. The van der Waals surface area contributed by atoms with E-state index >= 15 is 0 Å². The van der Waals surface area contributed by atoms with Crippen molar-refractivity contribution < 1.29 is 9.53 Å². The van der Waals surface area contributed by atoms with Gasteiger partial charge in [-0.2, -0.15) is 0 Å². The van der Waals surface area contributed by atoms with Gasteiger partial charge in [0.2, 0.25) is 0 Å². The number of esters is 1. The molecule has 0 aromatic heterocycles. The average Bonchev–Trinajstić information content (AvgIpc) is 2.03. The van der Waals surface area contributed by atoms with Gasteiger partial charge in [0.05, 0.1) is 0 Å². The van der Waals surface area contributed by atoms with E-state index in [2.05, 4.69) is 13.5 Å². The number of rotatable bonds is 6. The van der Waals surface area contributed by atoms with Crippen LogP contribution in [0, 0.1) is 5.92 Å². The number of ether oxygens (including phenoxy) is 1. The standard InChI is InChI=1S/C11H20O2/c1-5-6-7-8-9(2)10(3)13-11(4)12/h5,9-10H,1,6-8H2,2-4H3. The summed E-state index contributed by atoms with van der Waals surface area (Å²) >= 11 is 0. The second-order valence-electron chi connectivity index (χ2n) is 3.51. The Balaban J connectivity index is 3.61. The van der Waals surface area contributed by atoms with Crippen LogP contribution in [0.5, 0.6) is 0 Å². The fourth-order valence-corrected chi connectivity index (χ4v) is 1.20. The summed E-state index contributed by atoms with van der Waals surface area (Å²) in [6.07, 6.45) is 5.19. The Morgan fingerprint density at radius 3 is 2.62 bits per heavy atom. The molecule has 0 aromatic carbocycles. The van der Waals surface area contributed by atoms with E-state index in [1.807, 2.05) is 13.0 Å². The molecule has 0 saturated heterocycles. The minimum atomic E-state index is -0.192. The van der Waals surface area contributed by atoms with Crippen molar-refractivity contribution in [2.24, 2.45) is 5.92 Å². The average molecular weight is 184 g/mol. The Morgan fingerprint density at radius 1 is 1.54 bits per heavy atom. The quantitative estimate of drug-likeness (QED) is 0.360. The highest BCUT2D eigenvalue weighted by Crippen LogP contribution is 2.15. The third kappa shape index (κ3) is 6.38. The lowest BCUT2D eigenvalue weighted by Crippen LogP contribution is -2.20. The zero-order chi connectivity index (χ0) is 10.3. The molecular weight excluding hydrogens is 164 g/mol. The van der Waals surface area contributed by atoms with Gasteiger partial charge < -0.3 is 4.74 Å².